The summed E-state index contributed by atoms with van der Waals surface area (Å²) in [6, 6.07) is 0. The Morgan fingerprint density at radius 3 is 2.58 bits per heavy atom. The van der Waals surface area contributed by atoms with Crippen LogP contribution in [0.5, 0.6) is 0 Å². The Bertz CT molecular complexity index is 130. The largest absolute Gasteiger partial charge is 0.389 e. The summed E-state index contributed by atoms with van der Waals surface area (Å²) >= 11 is 0. The van der Waals surface area contributed by atoms with Crippen molar-refractivity contribution in [3.63, 3.8) is 0 Å². The van der Waals surface area contributed by atoms with Crippen LogP contribution >= 0.6 is 0 Å². The first kappa shape index (κ1) is 10.0. The van der Waals surface area contributed by atoms with Crippen molar-refractivity contribution in [2.45, 2.75) is 45.1 Å². The van der Waals surface area contributed by atoms with Crippen molar-refractivity contribution in [2.75, 3.05) is 13.1 Å². The Hall–Kier alpha value is -0.0800. The van der Waals surface area contributed by atoms with E-state index in [0.29, 0.717) is 0 Å². The monoisotopic (exact) mass is 171 g/mol. The molecule has 12 heavy (non-hydrogen) atoms. The fourth-order valence-electron chi connectivity index (χ4n) is 1.79. The molecule has 1 unspecified atom stereocenters. The molecule has 1 aliphatic rings. The fourth-order valence-corrected chi connectivity index (χ4v) is 1.79. The van der Waals surface area contributed by atoms with E-state index >= 15 is 0 Å². The quantitative estimate of drug-likeness (QED) is 0.657. The molecule has 2 nitrogen and oxygen atoms in total. The highest BCUT2D eigenvalue weighted by molar-refractivity contribution is 4.82. The molecule has 0 radical (unpaired) electrons. The highest BCUT2D eigenvalue weighted by Crippen LogP contribution is 2.33. The van der Waals surface area contributed by atoms with Crippen molar-refractivity contribution < 1.29 is 5.11 Å². The number of hydrogen-bond donors (Lipinski definition) is 2. The van der Waals surface area contributed by atoms with Crippen LogP contribution in [0.15, 0.2) is 0 Å². The molecule has 1 fully saturated rings. The molecule has 1 rings (SSSR count). The van der Waals surface area contributed by atoms with E-state index < -0.39 is 5.60 Å². The minimum Gasteiger partial charge on any atom is -0.389 e. The third-order valence-corrected chi connectivity index (χ3v) is 2.71. The van der Waals surface area contributed by atoms with E-state index in [-0.39, 0.29) is 0 Å². The lowest BCUT2D eigenvalue weighted by molar-refractivity contribution is 0.0210. The van der Waals surface area contributed by atoms with Gasteiger partial charge in [-0.3, -0.25) is 0 Å². The van der Waals surface area contributed by atoms with Gasteiger partial charge in [0.2, 0.25) is 0 Å². The number of aliphatic hydroxyl groups is 1. The molecule has 72 valence electrons. The van der Waals surface area contributed by atoms with Crippen LogP contribution in [0.4, 0.5) is 0 Å². The summed E-state index contributed by atoms with van der Waals surface area (Å²) in [5, 5.41) is 13.1. The lowest BCUT2D eigenvalue weighted by atomic mass is 9.78. The van der Waals surface area contributed by atoms with E-state index in [1.807, 2.05) is 6.92 Å². The molecule has 0 bridgehead atoms. The van der Waals surface area contributed by atoms with Crippen LogP contribution in [0.1, 0.15) is 39.5 Å². The molecular formula is C10H21NO. The predicted molar refractivity (Wildman–Crippen MR) is 51.1 cm³/mol. The van der Waals surface area contributed by atoms with Gasteiger partial charge >= 0.3 is 0 Å². The SMILES string of the molecule is CCNCC(C)(O)CC1CCC1. The zero-order valence-electron chi connectivity index (χ0n) is 8.27. The van der Waals surface area contributed by atoms with Crippen LogP contribution in [-0.2, 0) is 0 Å². The summed E-state index contributed by atoms with van der Waals surface area (Å²) < 4.78 is 0. The Labute approximate surface area is 75.4 Å². The zero-order valence-corrected chi connectivity index (χ0v) is 8.27. The van der Waals surface area contributed by atoms with Gasteiger partial charge in [0.15, 0.2) is 0 Å². The van der Waals surface area contributed by atoms with Crippen molar-refractivity contribution in [2.24, 2.45) is 5.92 Å². The maximum absolute atomic E-state index is 9.92. The summed E-state index contributed by atoms with van der Waals surface area (Å²) in [6.07, 6.45) is 4.98. The second-order valence-corrected chi connectivity index (χ2v) is 4.28. The third kappa shape index (κ3) is 3.11. The molecule has 1 saturated carbocycles. The Morgan fingerprint density at radius 2 is 2.17 bits per heavy atom. The lowest BCUT2D eigenvalue weighted by Gasteiger charge is -2.33. The van der Waals surface area contributed by atoms with E-state index in [4.69, 9.17) is 0 Å². The van der Waals surface area contributed by atoms with Gasteiger partial charge in [0.05, 0.1) is 5.60 Å². The van der Waals surface area contributed by atoms with Crippen molar-refractivity contribution in [1.82, 2.24) is 5.32 Å². The molecule has 0 spiro atoms. The summed E-state index contributed by atoms with van der Waals surface area (Å²) in [4.78, 5) is 0. The molecule has 2 N–H and O–H groups in total. The van der Waals surface area contributed by atoms with Crippen LogP contribution in [0, 0.1) is 5.92 Å². The molecule has 0 aromatic carbocycles. The fraction of sp³-hybridized carbons (Fsp3) is 1.00. The van der Waals surface area contributed by atoms with Crippen molar-refractivity contribution >= 4 is 0 Å². The average molecular weight is 171 g/mol. The van der Waals surface area contributed by atoms with E-state index in [0.717, 1.165) is 25.4 Å². The zero-order chi connectivity index (χ0) is 9.03. The molecule has 1 aliphatic carbocycles. The summed E-state index contributed by atoms with van der Waals surface area (Å²) in [7, 11) is 0. The third-order valence-electron chi connectivity index (χ3n) is 2.71. The minimum atomic E-state index is -0.485. The second kappa shape index (κ2) is 4.24. The van der Waals surface area contributed by atoms with Gasteiger partial charge in [-0.05, 0) is 25.8 Å². The van der Waals surface area contributed by atoms with Gasteiger partial charge in [0, 0.05) is 6.54 Å². The molecular weight excluding hydrogens is 150 g/mol. The Balaban J connectivity index is 2.16. The van der Waals surface area contributed by atoms with Crippen LogP contribution in [0.3, 0.4) is 0 Å². The second-order valence-electron chi connectivity index (χ2n) is 4.28. The summed E-state index contributed by atoms with van der Waals surface area (Å²) in [5.74, 6) is 0.790. The smallest absolute Gasteiger partial charge is 0.0746 e. The first-order chi connectivity index (χ1) is 5.64. The highest BCUT2D eigenvalue weighted by atomic mass is 16.3. The molecule has 1 atom stereocenters. The molecule has 0 aromatic heterocycles. The predicted octanol–water partition coefficient (Wildman–Crippen LogP) is 1.54. The first-order valence-corrected chi connectivity index (χ1v) is 5.07. The Kier molecular flexibility index (Phi) is 3.53. The number of hydrogen-bond acceptors (Lipinski definition) is 2. The Morgan fingerprint density at radius 1 is 1.50 bits per heavy atom. The average Bonchev–Trinajstić information content (AvgIpc) is 1.94. The van der Waals surface area contributed by atoms with Crippen LogP contribution < -0.4 is 5.32 Å². The lowest BCUT2D eigenvalue weighted by Crippen LogP contribution is -2.40. The molecule has 2 heteroatoms. The molecule has 0 saturated heterocycles. The van der Waals surface area contributed by atoms with Crippen molar-refractivity contribution in [3.05, 3.63) is 0 Å². The first-order valence-electron chi connectivity index (χ1n) is 5.07. The van der Waals surface area contributed by atoms with Gasteiger partial charge in [0.1, 0.15) is 0 Å². The van der Waals surface area contributed by atoms with Gasteiger partial charge in [-0.2, -0.15) is 0 Å². The van der Waals surface area contributed by atoms with Crippen molar-refractivity contribution in [3.8, 4) is 0 Å². The topological polar surface area (TPSA) is 32.3 Å². The molecule has 0 amide bonds. The van der Waals surface area contributed by atoms with Gasteiger partial charge < -0.3 is 10.4 Å². The van der Waals surface area contributed by atoms with Crippen LogP contribution in [-0.4, -0.2) is 23.8 Å². The summed E-state index contributed by atoms with van der Waals surface area (Å²) in [5.41, 5.74) is -0.485. The van der Waals surface area contributed by atoms with Crippen molar-refractivity contribution in [1.29, 1.82) is 0 Å². The van der Waals surface area contributed by atoms with Gasteiger partial charge in [-0.15, -0.1) is 0 Å². The van der Waals surface area contributed by atoms with Gasteiger partial charge in [0.25, 0.3) is 0 Å². The van der Waals surface area contributed by atoms with Gasteiger partial charge in [-0.1, -0.05) is 26.2 Å². The molecule has 0 aromatic rings. The van der Waals surface area contributed by atoms with E-state index in [9.17, 15) is 5.11 Å². The van der Waals surface area contributed by atoms with Gasteiger partial charge in [-0.25, -0.2) is 0 Å². The van der Waals surface area contributed by atoms with E-state index in [1.165, 1.54) is 19.3 Å². The highest BCUT2D eigenvalue weighted by Gasteiger charge is 2.28. The maximum atomic E-state index is 9.92. The number of likely N-dealkylation sites (N-methyl/N-ethyl adjacent to an activating group) is 1. The molecule has 0 heterocycles. The minimum absolute atomic E-state index is 0.485. The van der Waals surface area contributed by atoms with E-state index in [2.05, 4.69) is 12.2 Å². The van der Waals surface area contributed by atoms with Crippen LogP contribution in [0.2, 0.25) is 0 Å². The maximum Gasteiger partial charge on any atom is 0.0746 e. The van der Waals surface area contributed by atoms with E-state index in [1.54, 1.807) is 0 Å². The molecule has 0 aliphatic heterocycles. The summed E-state index contributed by atoms with van der Waals surface area (Å²) in [6.45, 7) is 5.69. The standard InChI is InChI=1S/C10H21NO/c1-3-11-8-10(2,12)7-9-5-4-6-9/h9,11-12H,3-8H2,1-2H3. The number of rotatable bonds is 5. The van der Waals surface area contributed by atoms with Crippen LogP contribution in [0.25, 0.3) is 0 Å². The normalized spacial score (nSPS) is 23.2. The number of nitrogens with one attached hydrogen (secondary N) is 1.